The van der Waals surface area contributed by atoms with Crippen LogP contribution in [0.3, 0.4) is 0 Å². The smallest absolute Gasteiger partial charge is 0.0314 e. The molecule has 1 rings (SSSR count). The van der Waals surface area contributed by atoms with Gasteiger partial charge in [0.15, 0.2) is 0 Å². The Kier molecular flexibility index (Phi) is 7.35. The first kappa shape index (κ1) is 15.2. The summed E-state index contributed by atoms with van der Waals surface area (Å²) in [6, 6.07) is 2.51. The van der Waals surface area contributed by atoms with E-state index in [9.17, 15) is 0 Å². The van der Waals surface area contributed by atoms with E-state index in [1.165, 1.54) is 35.0 Å². The fraction of sp³-hybridized carbons (Fsp3) is 0.692. The van der Waals surface area contributed by atoms with Crippen molar-refractivity contribution < 1.29 is 0 Å². The topological polar surface area (TPSA) is 38.0 Å². The van der Waals surface area contributed by atoms with Gasteiger partial charge >= 0.3 is 0 Å². The van der Waals surface area contributed by atoms with Crippen LogP contribution in [-0.4, -0.2) is 6.04 Å². The van der Waals surface area contributed by atoms with Crippen molar-refractivity contribution in [2.45, 2.75) is 52.0 Å². The number of halogens is 1. The van der Waals surface area contributed by atoms with Crippen LogP contribution in [0.4, 0.5) is 0 Å². The van der Waals surface area contributed by atoms with Crippen LogP contribution in [0, 0.1) is 5.92 Å². The molecule has 1 aromatic rings. The molecule has 0 bridgehead atoms. The standard InChI is InChI=1S/C13H23BrN2S/c1-3-5-10(6-4-2)12(16-15)9-13-11(14)7-8-17-13/h7-8,10,12,16H,3-6,9,15H2,1-2H3. The first-order valence-corrected chi connectivity index (χ1v) is 8.08. The predicted octanol–water partition coefficient (Wildman–Crippen LogP) is 4.10. The zero-order valence-corrected chi connectivity index (χ0v) is 13.1. The van der Waals surface area contributed by atoms with Crippen LogP contribution in [0.15, 0.2) is 15.9 Å². The summed E-state index contributed by atoms with van der Waals surface area (Å²) < 4.78 is 1.22. The third-order valence-corrected chi connectivity index (χ3v) is 5.15. The molecule has 2 nitrogen and oxygen atoms in total. The summed E-state index contributed by atoms with van der Waals surface area (Å²) >= 11 is 5.40. The van der Waals surface area contributed by atoms with Crippen LogP contribution in [0.25, 0.3) is 0 Å². The van der Waals surface area contributed by atoms with Gasteiger partial charge in [0.1, 0.15) is 0 Å². The van der Waals surface area contributed by atoms with Gasteiger partial charge in [-0.15, -0.1) is 11.3 Å². The monoisotopic (exact) mass is 318 g/mol. The molecule has 0 spiro atoms. The summed E-state index contributed by atoms with van der Waals surface area (Å²) in [5, 5.41) is 2.13. The molecule has 1 unspecified atom stereocenters. The molecule has 0 aliphatic rings. The maximum Gasteiger partial charge on any atom is 0.0314 e. The highest BCUT2D eigenvalue weighted by molar-refractivity contribution is 9.10. The molecule has 1 atom stereocenters. The number of nitrogens with one attached hydrogen (secondary N) is 1. The van der Waals surface area contributed by atoms with E-state index in [1.54, 1.807) is 11.3 Å². The summed E-state index contributed by atoms with van der Waals surface area (Å²) in [4.78, 5) is 1.39. The van der Waals surface area contributed by atoms with Gasteiger partial charge in [0.05, 0.1) is 0 Å². The van der Waals surface area contributed by atoms with E-state index in [0.717, 1.165) is 6.42 Å². The molecule has 1 heterocycles. The average Bonchev–Trinajstić information content (AvgIpc) is 2.71. The number of hydrogen-bond donors (Lipinski definition) is 2. The summed E-state index contributed by atoms with van der Waals surface area (Å²) in [5.41, 5.74) is 3.02. The lowest BCUT2D eigenvalue weighted by Crippen LogP contribution is -2.42. The van der Waals surface area contributed by atoms with Crippen LogP contribution >= 0.6 is 27.3 Å². The van der Waals surface area contributed by atoms with Gasteiger partial charge in [-0.3, -0.25) is 11.3 Å². The maximum absolute atomic E-state index is 5.74. The molecule has 1 aromatic heterocycles. The van der Waals surface area contributed by atoms with E-state index < -0.39 is 0 Å². The first-order valence-electron chi connectivity index (χ1n) is 6.40. The normalized spacial score (nSPS) is 13.2. The van der Waals surface area contributed by atoms with E-state index in [-0.39, 0.29) is 0 Å². The lowest BCUT2D eigenvalue weighted by molar-refractivity contribution is 0.312. The fourth-order valence-electron chi connectivity index (χ4n) is 2.32. The summed E-state index contributed by atoms with van der Waals surface area (Å²) in [7, 11) is 0. The molecule has 0 aliphatic heterocycles. The molecule has 3 N–H and O–H groups in total. The second-order valence-corrected chi connectivity index (χ2v) is 6.36. The van der Waals surface area contributed by atoms with Gasteiger partial charge in [-0.2, -0.15) is 0 Å². The first-order chi connectivity index (χ1) is 8.22. The number of thiophene rings is 1. The van der Waals surface area contributed by atoms with E-state index in [1.807, 2.05) is 0 Å². The highest BCUT2D eigenvalue weighted by Gasteiger charge is 2.20. The Bertz CT molecular complexity index is 308. The van der Waals surface area contributed by atoms with Crippen LogP contribution in [0.2, 0.25) is 0 Å². The molecule has 0 aromatic carbocycles. The van der Waals surface area contributed by atoms with Gasteiger partial charge < -0.3 is 0 Å². The van der Waals surface area contributed by atoms with E-state index in [4.69, 9.17) is 5.84 Å². The van der Waals surface area contributed by atoms with Gasteiger partial charge in [0, 0.05) is 15.4 Å². The van der Waals surface area contributed by atoms with Crippen molar-refractivity contribution >= 4 is 27.3 Å². The zero-order chi connectivity index (χ0) is 12.7. The number of hydrazine groups is 1. The van der Waals surface area contributed by atoms with Crippen molar-refractivity contribution in [3.05, 3.63) is 20.8 Å². The van der Waals surface area contributed by atoms with Gasteiger partial charge in [0.2, 0.25) is 0 Å². The van der Waals surface area contributed by atoms with Crippen molar-refractivity contribution in [1.29, 1.82) is 0 Å². The van der Waals surface area contributed by atoms with Crippen LogP contribution in [-0.2, 0) is 6.42 Å². The Morgan fingerprint density at radius 2 is 2.00 bits per heavy atom. The lowest BCUT2D eigenvalue weighted by Gasteiger charge is -2.26. The average molecular weight is 319 g/mol. The Morgan fingerprint density at radius 1 is 1.35 bits per heavy atom. The fourth-order valence-corrected chi connectivity index (χ4v) is 3.89. The summed E-state index contributed by atoms with van der Waals surface area (Å²) in [6.07, 6.45) is 6.00. The summed E-state index contributed by atoms with van der Waals surface area (Å²) in [6.45, 7) is 4.49. The Hall–Kier alpha value is 0.1000. The minimum Gasteiger partial charge on any atom is -0.271 e. The Morgan fingerprint density at radius 3 is 2.41 bits per heavy atom. The van der Waals surface area contributed by atoms with Gasteiger partial charge in [-0.25, -0.2) is 0 Å². The lowest BCUT2D eigenvalue weighted by atomic mass is 9.88. The zero-order valence-electron chi connectivity index (χ0n) is 10.7. The summed E-state index contributed by atoms with van der Waals surface area (Å²) in [5.74, 6) is 6.42. The van der Waals surface area contributed by atoms with Crippen molar-refractivity contribution in [2.75, 3.05) is 0 Å². The van der Waals surface area contributed by atoms with Crippen molar-refractivity contribution in [2.24, 2.45) is 11.8 Å². The van der Waals surface area contributed by atoms with Gasteiger partial charge in [-0.05, 0) is 52.6 Å². The Labute approximate surface area is 117 Å². The SMILES string of the molecule is CCCC(CCC)C(Cc1sccc1Br)NN. The molecular weight excluding hydrogens is 296 g/mol. The second-order valence-electron chi connectivity index (χ2n) is 4.51. The van der Waals surface area contributed by atoms with E-state index >= 15 is 0 Å². The quantitative estimate of drug-likeness (QED) is 0.559. The number of rotatable bonds is 8. The molecule has 0 saturated heterocycles. The van der Waals surface area contributed by atoms with Crippen molar-refractivity contribution in [3.63, 3.8) is 0 Å². The molecule has 0 amide bonds. The minimum atomic E-state index is 0.393. The second kappa shape index (κ2) is 8.25. The molecule has 4 heteroatoms. The van der Waals surface area contributed by atoms with Gasteiger partial charge in [0.25, 0.3) is 0 Å². The Balaban J connectivity index is 2.64. The number of hydrogen-bond acceptors (Lipinski definition) is 3. The van der Waals surface area contributed by atoms with E-state index in [2.05, 4.69) is 46.6 Å². The number of nitrogens with two attached hydrogens (primary N) is 1. The van der Waals surface area contributed by atoms with Crippen molar-refractivity contribution in [3.8, 4) is 0 Å². The molecule has 0 radical (unpaired) electrons. The van der Waals surface area contributed by atoms with Crippen LogP contribution in [0.1, 0.15) is 44.4 Å². The third-order valence-electron chi connectivity index (χ3n) is 3.20. The molecule has 0 aliphatic carbocycles. The highest BCUT2D eigenvalue weighted by Crippen LogP contribution is 2.27. The molecule has 17 heavy (non-hydrogen) atoms. The van der Waals surface area contributed by atoms with Crippen LogP contribution < -0.4 is 11.3 Å². The molecule has 0 fully saturated rings. The molecule has 0 saturated carbocycles. The molecular formula is C13H23BrN2S. The molecule has 98 valence electrons. The third kappa shape index (κ3) is 4.70. The largest absolute Gasteiger partial charge is 0.271 e. The van der Waals surface area contributed by atoms with E-state index in [0.29, 0.717) is 12.0 Å². The van der Waals surface area contributed by atoms with Crippen molar-refractivity contribution in [1.82, 2.24) is 5.43 Å². The van der Waals surface area contributed by atoms with Crippen LogP contribution in [0.5, 0.6) is 0 Å². The predicted molar refractivity (Wildman–Crippen MR) is 80.1 cm³/mol. The maximum atomic E-state index is 5.74. The van der Waals surface area contributed by atoms with Gasteiger partial charge in [-0.1, -0.05) is 26.7 Å². The highest BCUT2D eigenvalue weighted by atomic mass is 79.9. The minimum absolute atomic E-state index is 0.393.